The Morgan fingerprint density at radius 1 is 1.05 bits per heavy atom. The van der Waals surface area contributed by atoms with Gasteiger partial charge in [0.2, 0.25) is 0 Å². The van der Waals surface area contributed by atoms with E-state index in [-0.39, 0.29) is 13.0 Å². The molecule has 0 aromatic heterocycles. The Morgan fingerprint density at radius 2 is 1.48 bits per heavy atom. The van der Waals surface area contributed by atoms with Crippen molar-refractivity contribution in [3.63, 3.8) is 0 Å². The van der Waals surface area contributed by atoms with Crippen molar-refractivity contribution >= 4 is 18.2 Å². The summed E-state index contributed by atoms with van der Waals surface area (Å²) in [7, 11) is 0. The first-order chi connectivity index (χ1) is 9.41. The van der Waals surface area contributed by atoms with Gasteiger partial charge in [0.15, 0.2) is 0 Å². The van der Waals surface area contributed by atoms with Crippen molar-refractivity contribution < 1.29 is 28.6 Å². The van der Waals surface area contributed by atoms with Gasteiger partial charge in [0.05, 0.1) is 6.61 Å². The zero-order valence-corrected chi connectivity index (χ0v) is 13.4. The predicted molar refractivity (Wildman–Crippen MR) is 73.7 cm³/mol. The molecular formula is C14H23NO6. The summed E-state index contributed by atoms with van der Waals surface area (Å²) in [5.74, 6) is -0.633. The molecule has 21 heavy (non-hydrogen) atoms. The largest absolute Gasteiger partial charge is 0.464 e. The maximum atomic E-state index is 12.2. The summed E-state index contributed by atoms with van der Waals surface area (Å²) >= 11 is 0. The maximum absolute atomic E-state index is 12.2. The number of hydrogen-bond donors (Lipinski definition) is 0. The van der Waals surface area contributed by atoms with Crippen molar-refractivity contribution in [2.45, 2.75) is 65.2 Å². The van der Waals surface area contributed by atoms with Crippen LogP contribution < -0.4 is 0 Å². The lowest BCUT2D eigenvalue weighted by Gasteiger charge is -2.30. The van der Waals surface area contributed by atoms with Crippen LogP contribution in [0.15, 0.2) is 0 Å². The fourth-order valence-electron chi connectivity index (χ4n) is 1.67. The van der Waals surface area contributed by atoms with E-state index in [4.69, 9.17) is 14.2 Å². The molecular weight excluding hydrogens is 278 g/mol. The number of rotatable bonds is 1. The second kappa shape index (κ2) is 5.91. The molecule has 0 bridgehead atoms. The number of carbonyl (C=O) groups excluding carboxylic acids is 3. The Bertz CT molecular complexity index is 404. The Morgan fingerprint density at radius 3 is 1.76 bits per heavy atom. The van der Waals surface area contributed by atoms with Crippen molar-refractivity contribution in [2.24, 2.45) is 0 Å². The highest BCUT2D eigenvalue weighted by molar-refractivity contribution is 5.94. The highest BCUT2D eigenvalue weighted by Crippen LogP contribution is 2.21. The average Bonchev–Trinajstić information content (AvgIpc) is 2.59. The lowest BCUT2D eigenvalue weighted by Crippen LogP contribution is -2.50. The van der Waals surface area contributed by atoms with Crippen LogP contribution in [0.5, 0.6) is 0 Å². The number of esters is 1. The lowest BCUT2D eigenvalue weighted by atomic mass is 10.2. The summed E-state index contributed by atoms with van der Waals surface area (Å²) in [6.45, 7) is 10.2. The van der Waals surface area contributed by atoms with E-state index < -0.39 is 35.4 Å². The predicted octanol–water partition coefficient (Wildman–Crippen LogP) is 2.47. The first-order valence-electron chi connectivity index (χ1n) is 6.82. The van der Waals surface area contributed by atoms with E-state index in [1.165, 1.54) is 0 Å². The molecule has 1 aliphatic rings. The molecule has 7 heteroatoms. The zero-order chi connectivity index (χ0) is 16.4. The van der Waals surface area contributed by atoms with Gasteiger partial charge < -0.3 is 14.2 Å². The summed E-state index contributed by atoms with van der Waals surface area (Å²) < 4.78 is 15.2. The van der Waals surface area contributed by atoms with Crippen molar-refractivity contribution in [1.82, 2.24) is 4.90 Å². The van der Waals surface area contributed by atoms with E-state index >= 15 is 0 Å². The van der Waals surface area contributed by atoms with Gasteiger partial charge in [-0.05, 0) is 41.5 Å². The third-order valence-corrected chi connectivity index (χ3v) is 2.40. The van der Waals surface area contributed by atoms with E-state index in [1.807, 2.05) is 0 Å². The van der Waals surface area contributed by atoms with Crippen LogP contribution in [0.2, 0.25) is 0 Å². The van der Waals surface area contributed by atoms with Gasteiger partial charge in [-0.1, -0.05) is 0 Å². The first kappa shape index (κ1) is 17.3. The van der Waals surface area contributed by atoms with Crippen LogP contribution in [-0.4, -0.2) is 46.9 Å². The Hall–Kier alpha value is -1.79. The third kappa shape index (κ3) is 5.24. The molecule has 0 spiro atoms. The van der Waals surface area contributed by atoms with E-state index in [0.717, 1.165) is 0 Å². The van der Waals surface area contributed by atoms with Crippen molar-refractivity contribution in [2.75, 3.05) is 6.61 Å². The lowest BCUT2D eigenvalue weighted by molar-refractivity contribution is -0.142. The van der Waals surface area contributed by atoms with Gasteiger partial charge in [-0.2, -0.15) is 4.90 Å². The van der Waals surface area contributed by atoms with Gasteiger partial charge in [0, 0.05) is 6.42 Å². The number of ether oxygens (including phenoxy) is 3. The fourth-order valence-corrected chi connectivity index (χ4v) is 1.67. The van der Waals surface area contributed by atoms with Crippen LogP contribution in [0.1, 0.15) is 48.0 Å². The standard InChI is InChI=1S/C14H23NO6/c1-13(2,3)20-11(17)15(9-7-8-19-10(9)16)12(18)21-14(4,5)6/h9H,7-8H2,1-6H3/t9-/m0/s1. The van der Waals surface area contributed by atoms with Gasteiger partial charge in [0.1, 0.15) is 17.2 Å². The van der Waals surface area contributed by atoms with Crippen molar-refractivity contribution in [3.8, 4) is 0 Å². The van der Waals surface area contributed by atoms with E-state index in [1.54, 1.807) is 41.5 Å². The highest BCUT2D eigenvalue weighted by atomic mass is 16.6. The molecule has 1 aliphatic heterocycles. The summed E-state index contributed by atoms with van der Waals surface area (Å²) in [6.07, 6.45) is -1.60. The van der Waals surface area contributed by atoms with Crippen LogP contribution in [0.25, 0.3) is 0 Å². The first-order valence-corrected chi connectivity index (χ1v) is 6.82. The quantitative estimate of drug-likeness (QED) is 0.546. The summed E-state index contributed by atoms with van der Waals surface area (Å²) in [5.41, 5.74) is -1.58. The molecule has 0 aromatic carbocycles. The monoisotopic (exact) mass is 301 g/mol. The van der Waals surface area contributed by atoms with Crippen LogP contribution in [-0.2, 0) is 19.0 Å². The number of hydrogen-bond acceptors (Lipinski definition) is 6. The number of cyclic esters (lactones) is 1. The van der Waals surface area contributed by atoms with Gasteiger partial charge >= 0.3 is 18.2 Å². The van der Waals surface area contributed by atoms with Crippen LogP contribution in [0.3, 0.4) is 0 Å². The second-order valence-corrected chi connectivity index (χ2v) is 6.80. The van der Waals surface area contributed by atoms with E-state index in [9.17, 15) is 14.4 Å². The molecule has 1 rings (SSSR count). The fraction of sp³-hybridized carbons (Fsp3) is 0.786. The van der Waals surface area contributed by atoms with Crippen LogP contribution in [0, 0.1) is 0 Å². The molecule has 1 fully saturated rings. The van der Waals surface area contributed by atoms with Gasteiger partial charge in [-0.3, -0.25) is 0 Å². The van der Waals surface area contributed by atoms with Gasteiger partial charge in [0.25, 0.3) is 0 Å². The second-order valence-electron chi connectivity index (χ2n) is 6.80. The molecule has 0 aromatic rings. The molecule has 2 amide bonds. The Labute approximate surface area is 124 Å². The number of carbonyl (C=O) groups is 3. The van der Waals surface area contributed by atoms with Gasteiger partial charge in [-0.15, -0.1) is 0 Å². The van der Waals surface area contributed by atoms with Gasteiger partial charge in [-0.25, -0.2) is 14.4 Å². The molecule has 7 nitrogen and oxygen atoms in total. The Kier molecular flexibility index (Phi) is 4.86. The average molecular weight is 301 g/mol. The van der Waals surface area contributed by atoms with Crippen molar-refractivity contribution in [3.05, 3.63) is 0 Å². The van der Waals surface area contributed by atoms with Crippen molar-refractivity contribution in [1.29, 1.82) is 0 Å². The van der Waals surface area contributed by atoms with Crippen LogP contribution >= 0.6 is 0 Å². The summed E-state index contributed by atoms with van der Waals surface area (Å²) in [4.78, 5) is 36.8. The highest BCUT2D eigenvalue weighted by Gasteiger charge is 2.43. The number of nitrogens with zero attached hydrogens (tertiary/aromatic N) is 1. The minimum atomic E-state index is -1.00. The maximum Gasteiger partial charge on any atom is 0.420 e. The third-order valence-electron chi connectivity index (χ3n) is 2.40. The summed E-state index contributed by atoms with van der Waals surface area (Å²) in [5, 5.41) is 0. The smallest absolute Gasteiger partial charge is 0.420 e. The normalized spacial score (nSPS) is 19.0. The molecule has 1 atom stereocenters. The molecule has 0 radical (unpaired) electrons. The molecule has 120 valence electrons. The molecule has 1 heterocycles. The van der Waals surface area contributed by atoms with Crippen LogP contribution in [0.4, 0.5) is 9.59 Å². The van der Waals surface area contributed by atoms with E-state index in [2.05, 4.69) is 0 Å². The molecule has 0 unspecified atom stereocenters. The van der Waals surface area contributed by atoms with E-state index in [0.29, 0.717) is 4.90 Å². The number of amides is 2. The molecule has 1 saturated heterocycles. The molecule has 0 saturated carbocycles. The molecule has 0 N–H and O–H groups in total. The Balaban J connectivity index is 2.97. The SMILES string of the molecule is CC(C)(C)OC(=O)N(C(=O)OC(C)(C)C)[C@H]1CCOC1=O. The minimum Gasteiger partial charge on any atom is -0.464 e. The number of imide groups is 1. The molecule has 0 aliphatic carbocycles. The zero-order valence-electron chi connectivity index (χ0n) is 13.4. The topological polar surface area (TPSA) is 82.1 Å². The summed E-state index contributed by atoms with van der Waals surface area (Å²) in [6, 6.07) is -1.00. The minimum absolute atomic E-state index is 0.158.